The Labute approximate surface area is 115 Å². The number of hydrogen-bond donors (Lipinski definition) is 2. The fourth-order valence-corrected chi connectivity index (χ4v) is 1.75. The van der Waals surface area contributed by atoms with Gasteiger partial charge in [0.2, 0.25) is 0 Å². The molecule has 7 heteroatoms. The number of nitrogens with zero attached hydrogens (tertiary/aromatic N) is 2. The molecule has 2 rings (SSSR count). The number of amides is 1. The number of carbonyl (C=O) groups is 2. The van der Waals surface area contributed by atoms with Gasteiger partial charge < -0.3 is 10.1 Å². The van der Waals surface area contributed by atoms with Crippen LogP contribution in [0.1, 0.15) is 30.1 Å². The zero-order valence-electron chi connectivity index (χ0n) is 11.2. The average molecular weight is 276 g/mol. The molecule has 106 valence electrons. The second kappa shape index (κ2) is 6.65. The molecule has 1 amide bonds. The first-order valence-electron chi connectivity index (χ1n) is 6.45. The Kier molecular flexibility index (Phi) is 4.65. The lowest BCUT2D eigenvalue weighted by Crippen LogP contribution is -2.25. The standard InChI is InChI=1S/C13H16N4O3/c1-2-20-12(18)4-3-7-14-13(19)9-5-6-10-11(8-9)16-17-15-10/h5-6,8H,2-4,7H2,1H3,(H,14,19)(H,15,16,17). The molecular formula is C13H16N4O3. The highest BCUT2D eigenvalue weighted by Crippen LogP contribution is 2.10. The van der Waals surface area contributed by atoms with E-state index in [4.69, 9.17) is 4.74 Å². The number of aromatic amines is 1. The molecule has 7 nitrogen and oxygen atoms in total. The molecular weight excluding hydrogens is 260 g/mol. The number of ether oxygens (including phenoxy) is 1. The summed E-state index contributed by atoms with van der Waals surface area (Å²) in [6.45, 7) is 2.57. The number of nitrogens with one attached hydrogen (secondary N) is 2. The van der Waals surface area contributed by atoms with Gasteiger partial charge in [-0.15, -0.1) is 0 Å². The zero-order valence-corrected chi connectivity index (χ0v) is 11.2. The molecule has 0 saturated carbocycles. The maximum Gasteiger partial charge on any atom is 0.305 e. The Morgan fingerprint density at radius 2 is 2.10 bits per heavy atom. The first-order valence-corrected chi connectivity index (χ1v) is 6.45. The van der Waals surface area contributed by atoms with Gasteiger partial charge in [-0.2, -0.15) is 15.4 Å². The van der Waals surface area contributed by atoms with Crippen LogP contribution in [0.25, 0.3) is 11.0 Å². The van der Waals surface area contributed by atoms with Crippen LogP contribution in [0, 0.1) is 0 Å². The van der Waals surface area contributed by atoms with Gasteiger partial charge in [0.15, 0.2) is 0 Å². The molecule has 1 aromatic carbocycles. The maximum atomic E-state index is 11.9. The van der Waals surface area contributed by atoms with Crippen LogP contribution < -0.4 is 5.32 Å². The Hall–Kier alpha value is -2.44. The van der Waals surface area contributed by atoms with Crippen LogP contribution in [-0.2, 0) is 9.53 Å². The van der Waals surface area contributed by atoms with Crippen molar-refractivity contribution in [2.45, 2.75) is 19.8 Å². The van der Waals surface area contributed by atoms with E-state index in [1.54, 1.807) is 25.1 Å². The van der Waals surface area contributed by atoms with E-state index in [9.17, 15) is 9.59 Å². The van der Waals surface area contributed by atoms with Gasteiger partial charge >= 0.3 is 5.97 Å². The smallest absolute Gasteiger partial charge is 0.305 e. The van der Waals surface area contributed by atoms with Gasteiger partial charge in [0.25, 0.3) is 5.91 Å². The van der Waals surface area contributed by atoms with Gasteiger partial charge in [0.05, 0.1) is 6.61 Å². The fourth-order valence-electron chi connectivity index (χ4n) is 1.75. The number of fused-ring (bicyclic) bond motifs is 1. The van der Waals surface area contributed by atoms with Crippen LogP contribution in [0.15, 0.2) is 18.2 Å². The molecule has 1 heterocycles. The first kappa shape index (κ1) is 14.0. The number of H-pyrrole nitrogens is 1. The van der Waals surface area contributed by atoms with E-state index in [0.29, 0.717) is 42.6 Å². The van der Waals surface area contributed by atoms with E-state index >= 15 is 0 Å². The topological polar surface area (TPSA) is 97.0 Å². The fraction of sp³-hybridized carbons (Fsp3) is 0.385. The van der Waals surface area contributed by atoms with E-state index in [-0.39, 0.29) is 11.9 Å². The Balaban J connectivity index is 1.81. The first-order chi connectivity index (χ1) is 9.70. The minimum atomic E-state index is -0.245. The van der Waals surface area contributed by atoms with Gasteiger partial charge in [-0.1, -0.05) is 0 Å². The molecule has 0 unspecified atom stereocenters. The van der Waals surface area contributed by atoms with Crippen molar-refractivity contribution in [3.05, 3.63) is 23.8 Å². The lowest BCUT2D eigenvalue weighted by atomic mass is 10.2. The van der Waals surface area contributed by atoms with Crippen molar-refractivity contribution in [2.75, 3.05) is 13.2 Å². The van der Waals surface area contributed by atoms with Crippen LogP contribution in [-0.4, -0.2) is 40.4 Å². The normalized spacial score (nSPS) is 10.4. The van der Waals surface area contributed by atoms with Crippen molar-refractivity contribution in [2.24, 2.45) is 0 Å². The van der Waals surface area contributed by atoms with Crippen LogP contribution in [0.5, 0.6) is 0 Å². The summed E-state index contributed by atoms with van der Waals surface area (Å²) in [4.78, 5) is 23.0. The summed E-state index contributed by atoms with van der Waals surface area (Å²) >= 11 is 0. The number of aromatic nitrogens is 3. The molecule has 0 spiro atoms. The number of esters is 1. The maximum absolute atomic E-state index is 11.9. The van der Waals surface area contributed by atoms with E-state index in [1.165, 1.54) is 0 Å². The minimum Gasteiger partial charge on any atom is -0.466 e. The van der Waals surface area contributed by atoms with Gasteiger partial charge in [-0.25, -0.2) is 0 Å². The Morgan fingerprint density at radius 1 is 1.30 bits per heavy atom. The third-order valence-corrected chi connectivity index (χ3v) is 2.73. The van der Waals surface area contributed by atoms with Crippen molar-refractivity contribution < 1.29 is 14.3 Å². The highest BCUT2D eigenvalue weighted by Gasteiger charge is 2.08. The Morgan fingerprint density at radius 3 is 2.90 bits per heavy atom. The molecule has 0 aliphatic carbocycles. The van der Waals surface area contributed by atoms with Crippen molar-refractivity contribution in [1.29, 1.82) is 0 Å². The molecule has 1 aromatic heterocycles. The third kappa shape index (κ3) is 3.53. The molecule has 0 radical (unpaired) electrons. The third-order valence-electron chi connectivity index (χ3n) is 2.73. The second-order valence-corrected chi connectivity index (χ2v) is 4.19. The molecule has 0 aliphatic rings. The molecule has 0 bridgehead atoms. The van der Waals surface area contributed by atoms with Crippen LogP contribution >= 0.6 is 0 Å². The SMILES string of the molecule is CCOC(=O)CCCNC(=O)c1ccc2n[nH]nc2c1. The summed E-state index contributed by atoms with van der Waals surface area (Å²) in [5, 5.41) is 13.1. The van der Waals surface area contributed by atoms with Crippen molar-refractivity contribution in [1.82, 2.24) is 20.7 Å². The van der Waals surface area contributed by atoms with Crippen molar-refractivity contribution in [3.8, 4) is 0 Å². The molecule has 0 saturated heterocycles. The van der Waals surface area contributed by atoms with Gasteiger partial charge in [0, 0.05) is 18.5 Å². The summed E-state index contributed by atoms with van der Waals surface area (Å²) in [5.74, 6) is -0.440. The van der Waals surface area contributed by atoms with Gasteiger partial charge in [-0.3, -0.25) is 9.59 Å². The highest BCUT2D eigenvalue weighted by atomic mass is 16.5. The molecule has 0 aliphatic heterocycles. The quantitative estimate of drug-likeness (QED) is 0.606. The average Bonchev–Trinajstić information content (AvgIpc) is 2.91. The van der Waals surface area contributed by atoms with Crippen molar-refractivity contribution in [3.63, 3.8) is 0 Å². The van der Waals surface area contributed by atoms with Gasteiger partial charge in [-0.05, 0) is 31.5 Å². The minimum absolute atomic E-state index is 0.196. The van der Waals surface area contributed by atoms with Crippen molar-refractivity contribution >= 4 is 22.9 Å². The number of carbonyl (C=O) groups excluding carboxylic acids is 2. The largest absolute Gasteiger partial charge is 0.466 e. The zero-order chi connectivity index (χ0) is 14.4. The van der Waals surface area contributed by atoms with E-state index in [2.05, 4.69) is 20.7 Å². The second-order valence-electron chi connectivity index (χ2n) is 4.19. The highest BCUT2D eigenvalue weighted by molar-refractivity contribution is 5.97. The monoisotopic (exact) mass is 276 g/mol. The van der Waals surface area contributed by atoms with Crippen LogP contribution in [0.2, 0.25) is 0 Å². The lowest BCUT2D eigenvalue weighted by molar-refractivity contribution is -0.143. The molecule has 2 aromatic rings. The van der Waals surface area contributed by atoms with E-state index in [1.807, 2.05) is 0 Å². The summed E-state index contributed by atoms with van der Waals surface area (Å²) in [6, 6.07) is 5.08. The molecule has 20 heavy (non-hydrogen) atoms. The summed E-state index contributed by atoms with van der Waals surface area (Å²) in [6.07, 6.45) is 0.854. The predicted molar refractivity (Wildman–Crippen MR) is 72.1 cm³/mol. The van der Waals surface area contributed by atoms with E-state index < -0.39 is 0 Å². The molecule has 0 atom stereocenters. The van der Waals surface area contributed by atoms with Crippen LogP contribution in [0.3, 0.4) is 0 Å². The number of rotatable bonds is 6. The summed E-state index contributed by atoms with van der Waals surface area (Å²) in [7, 11) is 0. The summed E-state index contributed by atoms with van der Waals surface area (Å²) < 4.78 is 4.80. The van der Waals surface area contributed by atoms with Crippen LogP contribution in [0.4, 0.5) is 0 Å². The summed E-state index contributed by atoms with van der Waals surface area (Å²) in [5.41, 5.74) is 1.87. The molecule has 2 N–H and O–H groups in total. The Bertz CT molecular complexity index is 608. The lowest BCUT2D eigenvalue weighted by Gasteiger charge is -2.05. The van der Waals surface area contributed by atoms with E-state index in [0.717, 1.165) is 0 Å². The number of hydrogen-bond acceptors (Lipinski definition) is 5. The van der Waals surface area contributed by atoms with Gasteiger partial charge in [0.1, 0.15) is 11.0 Å². The molecule has 0 fully saturated rings. The number of benzene rings is 1. The predicted octanol–water partition coefficient (Wildman–Crippen LogP) is 1.03.